The molecule has 2 amide bonds. The molecule has 32 heavy (non-hydrogen) atoms. The molecular formula is C23H25ClF3N3O2. The number of nitrogens with zero attached hydrogens (tertiary/aromatic N) is 2. The zero-order valence-corrected chi connectivity index (χ0v) is 18.2. The van der Waals surface area contributed by atoms with Gasteiger partial charge in [0.15, 0.2) is 0 Å². The van der Waals surface area contributed by atoms with Gasteiger partial charge in [-0.2, -0.15) is 13.2 Å². The summed E-state index contributed by atoms with van der Waals surface area (Å²) in [5.74, 6) is -0.713. The van der Waals surface area contributed by atoms with Gasteiger partial charge in [0.25, 0.3) is 5.91 Å². The predicted octanol–water partition coefficient (Wildman–Crippen LogP) is 3.78. The number of alkyl halides is 3. The van der Waals surface area contributed by atoms with Gasteiger partial charge in [-0.3, -0.25) is 14.5 Å². The summed E-state index contributed by atoms with van der Waals surface area (Å²) in [4.78, 5) is 28.9. The molecule has 0 spiro atoms. The maximum Gasteiger partial charge on any atom is 0.401 e. The molecule has 2 aromatic carbocycles. The Kier molecular flexibility index (Phi) is 8.15. The second kappa shape index (κ2) is 10.8. The summed E-state index contributed by atoms with van der Waals surface area (Å²) in [7, 11) is 0. The van der Waals surface area contributed by atoms with E-state index in [1.807, 2.05) is 30.3 Å². The minimum absolute atomic E-state index is 0.133. The highest BCUT2D eigenvalue weighted by Gasteiger charge is 2.33. The molecule has 1 unspecified atom stereocenters. The van der Waals surface area contributed by atoms with Crippen molar-refractivity contribution in [2.75, 3.05) is 32.7 Å². The van der Waals surface area contributed by atoms with Crippen LogP contribution in [-0.4, -0.2) is 66.6 Å². The summed E-state index contributed by atoms with van der Waals surface area (Å²) < 4.78 is 38.3. The topological polar surface area (TPSA) is 52.7 Å². The number of hydrogen-bond donors (Lipinski definition) is 1. The Morgan fingerprint density at radius 1 is 0.969 bits per heavy atom. The highest BCUT2D eigenvalue weighted by atomic mass is 35.5. The van der Waals surface area contributed by atoms with Gasteiger partial charge in [-0.05, 0) is 36.2 Å². The maximum absolute atomic E-state index is 13.3. The SMILES string of the molecule is O=C(NC(Cc1ccccc1)C(=O)N1CCCN(CC(F)(F)F)CC1)c1ccc(Cl)cc1. The van der Waals surface area contributed by atoms with E-state index in [1.54, 1.807) is 29.2 Å². The van der Waals surface area contributed by atoms with Crippen LogP contribution in [0.1, 0.15) is 22.3 Å². The molecule has 172 valence electrons. The molecule has 1 N–H and O–H groups in total. The lowest BCUT2D eigenvalue weighted by Gasteiger charge is -2.27. The van der Waals surface area contributed by atoms with Crippen LogP contribution in [-0.2, 0) is 11.2 Å². The summed E-state index contributed by atoms with van der Waals surface area (Å²) in [6.45, 7) is -0.0691. The summed E-state index contributed by atoms with van der Waals surface area (Å²) in [5.41, 5.74) is 1.24. The van der Waals surface area contributed by atoms with Gasteiger partial charge in [-0.15, -0.1) is 0 Å². The van der Waals surface area contributed by atoms with Crippen molar-refractivity contribution < 1.29 is 22.8 Å². The molecule has 0 radical (unpaired) electrons. The normalized spacial score (nSPS) is 16.3. The largest absolute Gasteiger partial charge is 0.401 e. The zero-order valence-electron chi connectivity index (χ0n) is 17.4. The van der Waals surface area contributed by atoms with E-state index >= 15 is 0 Å². The molecule has 9 heteroatoms. The second-order valence-electron chi connectivity index (χ2n) is 7.79. The molecule has 2 aromatic rings. The van der Waals surface area contributed by atoms with E-state index < -0.39 is 24.7 Å². The number of carbonyl (C=O) groups excluding carboxylic acids is 2. The monoisotopic (exact) mass is 467 g/mol. The van der Waals surface area contributed by atoms with Gasteiger partial charge in [0, 0.05) is 43.2 Å². The third-order valence-corrected chi connectivity index (χ3v) is 5.55. The summed E-state index contributed by atoms with van der Waals surface area (Å²) >= 11 is 5.88. The Morgan fingerprint density at radius 2 is 1.66 bits per heavy atom. The van der Waals surface area contributed by atoms with Crippen molar-refractivity contribution in [3.05, 3.63) is 70.7 Å². The number of nitrogens with one attached hydrogen (secondary N) is 1. The molecule has 1 saturated heterocycles. The van der Waals surface area contributed by atoms with Gasteiger partial charge in [-0.1, -0.05) is 41.9 Å². The van der Waals surface area contributed by atoms with Crippen molar-refractivity contribution in [1.29, 1.82) is 0 Å². The van der Waals surface area contributed by atoms with Crippen molar-refractivity contribution in [1.82, 2.24) is 15.1 Å². The molecule has 1 atom stereocenters. The fraction of sp³-hybridized carbons (Fsp3) is 0.391. The van der Waals surface area contributed by atoms with Crippen LogP contribution in [0.15, 0.2) is 54.6 Å². The average Bonchev–Trinajstić information content (AvgIpc) is 2.98. The molecule has 0 aromatic heterocycles. The Morgan fingerprint density at radius 3 is 2.31 bits per heavy atom. The van der Waals surface area contributed by atoms with Crippen LogP contribution < -0.4 is 5.32 Å². The summed E-state index contributed by atoms with van der Waals surface area (Å²) in [6, 6.07) is 14.8. The van der Waals surface area contributed by atoms with E-state index in [2.05, 4.69) is 5.32 Å². The Labute approximate surface area is 190 Å². The fourth-order valence-corrected chi connectivity index (χ4v) is 3.84. The van der Waals surface area contributed by atoms with Crippen molar-refractivity contribution in [3.8, 4) is 0 Å². The maximum atomic E-state index is 13.3. The van der Waals surface area contributed by atoms with Gasteiger partial charge < -0.3 is 10.2 Å². The quantitative estimate of drug-likeness (QED) is 0.703. The molecular weight excluding hydrogens is 443 g/mol. The first kappa shape index (κ1) is 24.1. The molecule has 0 saturated carbocycles. The second-order valence-corrected chi connectivity index (χ2v) is 8.23. The van der Waals surface area contributed by atoms with E-state index in [9.17, 15) is 22.8 Å². The third kappa shape index (κ3) is 7.24. The Balaban J connectivity index is 1.72. The van der Waals surface area contributed by atoms with Crippen LogP contribution in [0.2, 0.25) is 5.02 Å². The van der Waals surface area contributed by atoms with Gasteiger partial charge in [0.2, 0.25) is 5.91 Å². The van der Waals surface area contributed by atoms with Crippen molar-refractivity contribution in [2.45, 2.75) is 25.1 Å². The van der Waals surface area contributed by atoms with Crippen LogP contribution in [0.4, 0.5) is 13.2 Å². The number of halogens is 4. The lowest BCUT2D eigenvalue weighted by Crippen LogP contribution is -2.50. The van der Waals surface area contributed by atoms with Crippen molar-refractivity contribution >= 4 is 23.4 Å². The summed E-state index contributed by atoms with van der Waals surface area (Å²) in [6.07, 6.45) is -3.56. The third-order valence-electron chi connectivity index (χ3n) is 5.30. The van der Waals surface area contributed by atoms with Crippen LogP contribution in [0, 0.1) is 0 Å². The lowest BCUT2D eigenvalue weighted by molar-refractivity contribution is -0.145. The van der Waals surface area contributed by atoms with Crippen LogP contribution in [0.5, 0.6) is 0 Å². The first-order valence-corrected chi connectivity index (χ1v) is 10.8. The lowest BCUT2D eigenvalue weighted by atomic mass is 10.0. The number of benzene rings is 2. The smallest absolute Gasteiger partial charge is 0.340 e. The van der Waals surface area contributed by atoms with Crippen LogP contribution >= 0.6 is 11.6 Å². The van der Waals surface area contributed by atoms with E-state index in [0.717, 1.165) is 5.56 Å². The standard InChI is InChI=1S/C23H25ClF3N3O2/c24-19-9-7-18(8-10-19)21(31)28-20(15-17-5-2-1-3-6-17)22(32)30-12-4-11-29(13-14-30)16-23(25,26)27/h1-3,5-10,20H,4,11-16H2,(H,28,31). The number of amides is 2. The van der Waals surface area contributed by atoms with Gasteiger partial charge in [0.05, 0.1) is 6.54 Å². The number of hydrogen-bond acceptors (Lipinski definition) is 3. The molecule has 1 aliphatic heterocycles. The Bertz CT molecular complexity index is 907. The molecule has 5 nitrogen and oxygen atoms in total. The van der Waals surface area contributed by atoms with E-state index in [0.29, 0.717) is 23.6 Å². The first-order chi connectivity index (χ1) is 15.2. The molecule has 1 fully saturated rings. The predicted molar refractivity (Wildman–Crippen MR) is 117 cm³/mol. The minimum atomic E-state index is -4.28. The minimum Gasteiger partial charge on any atom is -0.340 e. The molecule has 0 aliphatic carbocycles. The first-order valence-electron chi connectivity index (χ1n) is 10.4. The zero-order chi connectivity index (χ0) is 23.1. The van der Waals surface area contributed by atoms with Crippen LogP contribution in [0.25, 0.3) is 0 Å². The fourth-order valence-electron chi connectivity index (χ4n) is 3.72. The van der Waals surface area contributed by atoms with Crippen molar-refractivity contribution in [3.63, 3.8) is 0 Å². The summed E-state index contributed by atoms with van der Waals surface area (Å²) in [5, 5.41) is 3.29. The van der Waals surface area contributed by atoms with Gasteiger partial charge in [-0.25, -0.2) is 0 Å². The van der Waals surface area contributed by atoms with Gasteiger partial charge in [0.1, 0.15) is 6.04 Å². The number of rotatable bonds is 6. The highest BCUT2D eigenvalue weighted by Crippen LogP contribution is 2.18. The molecule has 1 aliphatic rings. The average molecular weight is 468 g/mol. The highest BCUT2D eigenvalue weighted by molar-refractivity contribution is 6.30. The van der Waals surface area contributed by atoms with Gasteiger partial charge >= 0.3 is 6.18 Å². The van der Waals surface area contributed by atoms with E-state index in [4.69, 9.17) is 11.6 Å². The number of carbonyl (C=O) groups is 2. The molecule has 0 bridgehead atoms. The van der Waals surface area contributed by atoms with E-state index in [-0.39, 0.29) is 32.0 Å². The Hall–Kier alpha value is -2.58. The van der Waals surface area contributed by atoms with Crippen molar-refractivity contribution in [2.24, 2.45) is 0 Å². The van der Waals surface area contributed by atoms with Crippen LogP contribution in [0.3, 0.4) is 0 Å². The molecule has 1 heterocycles. The van der Waals surface area contributed by atoms with E-state index in [1.165, 1.54) is 4.90 Å². The molecule has 3 rings (SSSR count).